The van der Waals surface area contributed by atoms with Crippen molar-refractivity contribution in [2.75, 3.05) is 0 Å². The van der Waals surface area contributed by atoms with Gasteiger partial charge in [0.05, 0.1) is 10.7 Å². The maximum absolute atomic E-state index is 4.43. The Bertz CT molecular complexity index is 471. The summed E-state index contributed by atoms with van der Waals surface area (Å²) in [5, 5.41) is 6.78. The summed E-state index contributed by atoms with van der Waals surface area (Å²) in [7, 11) is 0. The van der Waals surface area contributed by atoms with Gasteiger partial charge in [0.1, 0.15) is 0 Å². The number of rotatable bonds is 4. The van der Waals surface area contributed by atoms with Crippen LogP contribution in [0.15, 0.2) is 11.4 Å². The molecule has 2 aromatic rings. The summed E-state index contributed by atoms with van der Waals surface area (Å²) in [6, 6.07) is 2.17. The van der Waals surface area contributed by atoms with Crippen LogP contribution in [-0.2, 0) is 13.1 Å². The van der Waals surface area contributed by atoms with E-state index >= 15 is 0 Å². The van der Waals surface area contributed by atoms with Crippen molar-refractivity contribution in [1.29, 1.82) is 0 Å². The van der Waals surface area contributed by atoms with Crippen LogP contribution >= 0.6 is 22.7 Å². The van der Waals surface area contributed by atoms with Gasteiger partial charge in [0.2, 0.25) is 0 Å². The van der Waals surface area contributed by atoms with E-state index in [9.17, 15) is 0 Å². The molecule has 4 heteroatoms. The topological polar surface area (TPSA) is 24.9 Å². The number of hydrogen-bond acceptors (Lipinski definition) is 4. The predicted molar refractivity (Wildman–Crippen MR) is 71.2 cm³/mol. The molecule has 86 valence electrons. The quantitative estimate of drug-likeness (QED) is 0.902. The highest BCUT2D eigenvalue weighted by Gasteiger charge is 2.04. The van der Waals surface area contributed by atoms with Crippen molar-refractivity contribution in [3.63, 3.8) is 0 Å². The second-order valence-corrected chi connectivity index (χ2v) is 6.16. The van der Waals surface area contributed by atoms with Gasteiger partial charge in [-0.2, -0.15) is 0 Å². The van der Waals surface area contributed by atoms with Crippen LogP contribution in [-0.4, -0.2) is 4.98 Å². The van der Waals surface area contributed by atoms with Gasteiger partial charge in [-0.3, -0.25) is 0 Å². The first kappa shape index (κ1) is 11.8. The van der Waals surface area contributed by atoms with Gasteiger partial charge in [-0.05, 0) is 37.8 Å². The molecule has 0 spiro atoms. The number of thiophene rings is 1. The molecule has 1 N–H and O–H groups in total. The van der Waals surface area contributed by atoms with Gasteiger partial charge in [0.25, 0.3) is 0 Å². The van der Waals surface area contributed by atoms with Gasteiger partial charge < -0.3 is 5.32 Å². The van der Waals surface area contributed by atoms with Crippen LogP contribution in [0.2, 0.25) is 0 Å². The van der Waals surface area contributed by atoms with E-state index < -0.39 is 0 Å². The predicted octanol–water partition coefficient (Wildman–Crippen LogP) is 3.42. The van der Waals surface area contributed by atoms with Gasteiger partial charge in [0.15, 0.2) is 0 Å². The number of nitrogens with one attached hydrogen (secondary N) is 1. The highest BCUT2D eigenvalue weighted by Crippen LogP contribution is 2.18. The fraction of sp³-hybridized carbons (Fsp3) is 0.417. The first-order chi connectivity index (χ1) is 7.66. The number of aryl methyl sites for hydroxylation is 3. The van der Waals surface area contributed by atoms with Crippen LogP contribution in [0.5, 0.6) is 0 Å². The minimum atomic E-state index is 0.925. The molecule has 0 saturated carbocycles. The molecule has 0 aliphatic carbocycles. The summed E-state index contributed by atoms with van der Waals surface area (Å²) in [6.45, 7) is 8.19. The van der Waals surface area contributed by atoms with Gasteiger partial charge >= 0.3 is 0 Å². The van der Waals surface area contributed by atoms with E-state index in [1.54, 1.807) is 11.3 Å². The second-order valence-electron chi connectivity index (χ2n) is 3.87. The van der Waals surface area contributed by atoms with E-state index in [-0.39, 0.29) is 0 Å². The molecule has 0 unspecified atom stereocenters. The smallest absolute Gasteiger partial charge is 0.0900 e. The summed E-state index contributed by atoms with van der Waals surface area (Å²) in [5.41, 5.74) is 2.55. The lowest BCUT2D eigenvalue weighted by molar-refractivity contribution is 0.702. The Kier molecular flexibility index (Phi) is 3.74. The Hall–Kier alpha value is -0.710. The highest BCUT2D eigenvalue weighted by molar-refractivity contribution is 7.11. The summed E-state index contributed by atoms with van der Waals surface area (Å²) >= 11 is 3.60. The van der Waals surface area contributed by atoms with Crippen molar-refractivity contribution in [2.24, 2.45) is 0 Å². The van der Waals surface area contributed by atoms with Crippen molar-refractivity contribution < 1.29 is 0 Å². The Morgan fingerprint density at radius 2 is 1.94 bits per heavy atom. The Morgan fingerprint density at radius 1 is 1.19 bits per heavy atom. The van der Waals surface area contributed by atoms with Crippen molar-refractivity contribution >= 4 is 22.7 Å². The van der Waals surface area contributed by atoms with Gasteiger partial charge in [-0.25, -0.2) is 4.98 Å². The van der Waals surface area contributed by atoms with Crippen molar-refractivity contribution in [1.82, 2.24) is 10.3 Å². The van der Waals surface area contributed by atoms with E-state index in [1.807, 2.05) is 11.3 Å². The third-order valence-corrected chi connectivity index (χ3v) is 4.63. The molecule has 2 rings (SSSR count). The van der Waals surface area contributed by atoms with Crippen LogP contribution in [0.3, 0.4) is 0 Å². The molecule has 2 heterocycles. The second kappa shape index (κ2) is 5.08. The van der Waals surface area contributed by atoms with E-state index in [1.165, 1.54) is 15.3 Å². The van der Waals surface area contributed by atoms with Gasteiger partial charge in [0, 0.05) is 22.8 Å². The highest BCUT2D eigenvalue weighted by atomic mass is 32.1. The van der Waals surface area contributed by atoms with E-state index in [4.69, 9.17) is 0 Å². The zero-order chi connectivity index (χ0) is 11.5. The molecule has 2 aromatic heterocycles. The first-order valence-electron chi connectivity index (χ1n) is 5.33. The van der Waals surface area contributed by atoms with Crippen molar-refractivity contribution in [3.05, 3.63) is 37.5 Å². The average Bonchev–Trinajstić information content (AvgIpc) is 2.75. The maximum Gasteiger partial charge on any atom is 0.0900 e. The van der Waals surface area contributed by atoms with Gasteiger partial charge in [-0.15, -0.1) is 22.7 Å². The number of thiazole rings is 1. The molecule has 0 aromatic carbocycles. The number of aromatic nitrogens is 1. The largest absolute Gasteiger partial charge is 0.307 e. The molecular formula is C12H16N2S2. The molecule has 0 radical (unpaired) electrons. The Balaban J connectivity index is 1.89. The van der Waals surface area contributed by atoms with Crippen molar-refractivity contribution in [2.45, 2.75) is 33.9 Å². The molecule has 16 heavy (non-hydrogen) atoms. The zero-order valence-electron chi connectivity index (χ0n) is 9.83. The van der Waals surface area contributed by atoms with E-state index in [0.29, 0.717) is 0 Å². The molecule has 0 fully saturated rings. The summed E-state index contributed by atoms with van der Waals surface area (Å²) in [6.07, 6.45) is 0. The molecule has 0 aliphatic heterocycles. The molecule has 0 bridgehead atoms. The molecule has 2 nitrogen and oxygen atoms in total. The lowest BCUT2D eigenvalue weighted by atomic mass is 10.3. The Morgan fingerprint density at radius 3 is 2.50 bits per heavy atom. The average molecular weight is 252 g/mol. The minimum Gasteiger partial charge on any atom is -0.307 e. The minimum absolute atomic E-state index is 0.925. The summed E-state index contributed by atoms with van der Waals surface area (Å²) in [4.78, 5) is 7.21. The Labute approximate surface area is 104 Å². The fourth-order valence-electron chi connectivity index (χ4n) is 1.61. The van der Waals surface area contributed by atoms with Crippen LogP contribution in [0.1, 0.15) is 26.0 Å². The maximum atomic E-state index is 4.43. The molecule has 0 aliphatic rings. The summed E-state index contributed by atoms with van der Waals surface area (Å²) < 4.78 is 0. The lowest BCUT2D eigenvalue weighted by Gasteiger charge is -2.02. The molecule has 0 amide bonds. The molecule has 0 atom stereocenters. The van der Waals surface area contributed by atoms with Crippen molar-refractivity contribution in [3.8, 4) is 0 Å². The van der Waals surface area contributed by atoms with Crippen LogP contribution in [0, 0.1) is 20.8 Å². The van der Waals surface area contributed by atoms with E-state index in [2.05, 4.69) is 42.5 Å². The van der Waals surface area contributed by atoms with Crippen LogP contribution in [0.25, 0.3) is 0 Å². The lowest BCUT2D eigenvalue weighted by Crippen LogP contribution is -2.12. The number of nitrogens with zero attached hydrogens (tertiary/aromatic N) is 1. The standard InChI is InChI=1S/C12H16N2S2/c1-8-4-5-15-11(8)6-13-7-12-9(2)14-10(3)16-12/h4-5,13H,6-7H2,1-3H3. The summed E-state index contributed by atoms with van der Waals surface area (Å²) in [5.74, 6) is 0. The third-order valence-electron chi connectivity index (χ3n) is 2.54. The van der Waals surface area contributed by atoms with Gasteiger partial charge in [-0.1, -0.05) is 0 Å². The normalized spacial score (nSPS) is 10.9. The van der Waals surface area contributed by atoms with Crippen LogP contribution < -0.4 is 5.32 Å². The number of hydrogen-bond donors (Lipinski definition) is 1. The zero-order valence-corrected chi connectivity index (χ0v) is 11.5. The third kappa shape index (κ3) is 2.70. The molecule has 0 saturated heterocycles. The monoisotopic (exact) mass is 252 g/mol. The first-order valence-corrected chi connectivity index (χ1v) is 7.03. The van der Waals surface area contributed by atoms with Crippen LogP contribution in [0.4, 0.5) is 0 Å². The fourth-order valence-corrected chi connectivity index (χ4v) is 3.39. The van der Waals surface area contributed by atoms with E-state index in [0.717, 1.165) is 23.8 Å². The SMILES string of the molecule is Cc1nc(C)c(CNCc2sccc2C)s1. The molecular weight excluding hydrogens is 236 g/mol.